The van der Waals surface area contributed by atoms with E-state index in [4.69, 9.17) is 9.47 Å². The first kappa shape index (κ1) is 16.5. The largest absolute Gasteiger partial charge is 0.496 e. The molecule has 0 spiro atoms. The van der Waals surface area contributed by atoms with Crippen molar-refractivity contribution in [1.82, 2.24) is 15.1 Å². The van der Waals surface area contributed by atoms with Gasteiger partial charge in [-0.2, -0.15) is 5.10 Å². The van der Waals surface area contributed by atoms with Gasteiger partial charge in [-0.3, -0.25) is 9.59 Å². The van der Waals surface area contributed by atoms with Gasteiger partial charge in [0.05, 0.1) is 26.5 Å². The lowest BCUT2D eigenvalue weighted by molar-refractivity contribution is 0.0945. The summed E-state index contributed by atoms with van der Waals surface area (Å²) in [6.07, 6.45) is 0. The van der Waals surface area contributed by atoms with Crippen LogP contribution in [0.2, 0.25) is 0 Å². The highest BCUT2D eigenvalue weighted by molar-refractivity contribution is 5.99. The molecule has 0 radical (unpaired) electrons. The summed E-state index contributed by atoms with van der Waals surface area (Å²) in [4.78, 5) is 24.0. The van der Waals surface area contributed by atoms with Crippen LogP contribution in [0.3, 0.4) is 0 Å². The van der Waals surface area contributed by atoms with E-state index in [1.807, 2.05) is 0 Å². The summed E-state index contributed by atoms with van der Waals surface area (Å²) in [5.74, 6) is 0.514. The van der Waals surface area contributed by atoms with Gasteiger partial charge in [-0.25, -0.2) is 4.68 Å². The third kappa shape index (κ3) is 3.88. The number of nitrogens with one attached hydrogen (secondary N) is 1. The van der Waals surface area contributed by atoms with E-state index in [1.165, 1.54) is 25.0 Å². The van der Waals surface area contributed by atoms with Gasteiger partial charge in [0.2, 0.25) is 0 Å². The Balaban J connectivity index is 2.08. The fourth-order valence-corrected chi connectivity index (χ4v) is 2.15. The van der Waals surface area contributed by atoms with Gasteiger partial charge in [0.1, 0.15) is 17.1 Å². The van der Waals surface area contributed by atoms with Gasteiger partial charge in [-0.05, 0) is 25.1 Å². The molecule has 1 N–H and O–H groups in total. The number of carbonyl (C=O) groups is 1. The average molecular weight is 317 g/mol. The van der Waals surface area contributed by atoms with Gasteiger partial charge in [-0.15, -0.1) is 0 Å². The molecule has 0 fully saturated rings. The van der Waals surface area contributed by atoms with Crippen LogP contribution in [-0.4, -0.2) is 36.5 Å². The highest BCUT2D eigenvalue weighted by atomic mass is 16.5. The molecule has 0 aliphatic rings. The third-order valence-electron chi connectivity index (χ3n) is 3.26. The zero-order valence-electron chi connectivity index (χ0n) is 13.3. The molecule has 0 saturated heterocycles. The van der Waals surface area contributed by atoms with Crippen LogP contribution >= 0.6 is 0 Å². The number of nitrogens with zero attached hydrogens (tertiary/aromatic N) is 2. The number of amides is 1. The Morgan fingerprint density at radius 2 is 1.83 bits per heavy atom. The van der Waals surface area contributed by atoms with Gasteiger partial charge < -0.3 is 14.8 Å². The predicted molar refractivity (Wildman–Crippen MR) is 85.1 cm³/mol. The lowest BCUT2D eigenvalue weighted by atomic mass is 10.1. The summed E-state index contributed by atoms with van der Waals surface area (Å²) >= 11 is 0. The SMILES string of the molecule is COc1cccc(OC)c1C(=O)NCCn1nc(C)ccc1=O. The Kier molecular flexibility index (Phi) is 5.35. The summed E-state index contributed by atoms with van der Waals surface area (Å²) in [7, 11) is 2.98. The van der Waals surface area contributed by atoms with Crippen molar-refractivity contribution in [2.24, 2.45) is 0 Å². The second kappa shape index (κ2) is 7.44. The van der Waals surface area contributed by atoms with Gasteiger partial charge in [-0.1, -0.05) is 6.07 Å². The smallest absolute Gasteiger partial charge is 0.266 e. The van der Waals surface area contributed by atoms with Gasteiger partial charge >= 0.3 is 0 Å². The maximum atomic E-state index is 12.4. The van der Waals surface area contributed by atoms with E-state index in [0.717, 1.165) is 5.69 Å². The van der Waals surface area contributed by atoms with Crippen LogP contribution in [0, 0.1) is 6.92 Å². The molecule has 1 amide bonds. The van der Waals surface area contributed by atoms with Crippen LogP contribution in [-0.2, 0) is 6.54 Å². The molecular formula is C16H19N3O4. The fraction of sp³-hybridized carbons (Fsp3) is 0.312. The van der Waals surface area contributed by atoms with E-state index < -0.39 is 0 Å². The number of benzene rings is 1. The molecule has 122 valence electrons. The maximum absolute atomic E-state index is 12.4. The summed E-state index contributed by atoms with van der Waals surface area (Å²) in [6.45, 7) is 2.34. The van der Waals surface area contributed by atoms with Crippen LogP contribution in [0.25, 0.3) is 0 Å². The number of carbonyl (C=O) groups excluding carboxylic acids is 1. The van der Waals surface area contributed by atoms with E-state index in [1.54, 1.807) is 31.2 Å². The van der Waals surface area contributed by atoms with Gasteiger partial charge in [0, 0.05) is 12.6 Å². The summed E-state index contributed by atoms with van der Waals surface area (Å²) in [6, 6.07) is 8.21. The van der Waals surface area contributed by atoms with Crippen LogP contribution < -0.4 is 20.3 Å². The lowest BCUT2D eigenvalue weighted by Crippen LogP contribution is -2.32. The lowest BCUT2D eigenvalue weighted by Gasteiger charge is -2.13. The molecule has 1 aromatic carbocycles. The molecule has 7 nitrogen and oxygen atoms in total. The second-order valence-corrected chi connectivity index (χ2v) is 4.83. The minimum Gasteiger partial charge on any atom is -0.496 e. The van der Waals surface area contributed by atoms with Gasteiger partial charge in [0.25, 0.3) is 11.5 Å². The van der Waals surface area contributed by atoms with Crippen molar-refractivity contribution in [2.45, 2.75) is 13.5 Å². The van der Waals surface area contributed by atoms with Crippen LogP contribution in [0.4, 0.5) is 0 Å². The number of methoxy groups -OCH3 is 2. The Morgan fingerprint density at radius 1 is 1.17 bits per heavy atom. The highest BCUT2D eigenvalue weighted by Gasteiger charge is 2.17. The number of rotatable bonds is 6. The fourth-order valence-electron chi connectivity index (χ4n) is 2.15. The molecule has 0 saturated carbocycles. The third-order valence-corrected chi connectivity index (χ3v) is 3.26. The molecule has 1 aromatic heterocycles. The van der Waals surface area contributed by atoms with Crippen molar-refractivity contribution in [3.8, 4) is 11.5 Å². The Hall–Kier alpha value is -2.83. The topological polar surface area (TPSA) is 82.4 Å². The number of hydrogen-bond donors (Lipinski definition) is 1. The molecule has 0 aliphatic carbocycles. The molecular weight excluding hydrogens is 298 g/mol. The molecule has 0 unspecified atom stereocenters. The molecule has 2 aromatic rings. The minimum atomic E-state index is -0.333. The van der Waals surface area contributed by atoms with E-state index in [9.17, 15) is 9.59 Å². The number of hydrogen-bond acceptors (Lipinski definition) is 5. The maximum Gasteiger partial charge on any atom is 0.266 e. The van der Waals surface area contributed by atoms with Crippen molar-refractivity contribution in [3.05, 3.63) is 51.9 Å². The molecule has 0 atom stereocenters. The second-order valence-electron chi connectivity index (χ2n) is 4.83. The quantitative estimate of drug-likeness (QED) is 0.859. The Labute approximate surface area is 133 Å². The van der Waals surface area contributed by atoms with Crippen LogP contribution in [0.15, 0.2) is 35.1 Å². The van der Waals surface area contributed by atoms with E-state index >= 15 is 0 Å². The van der Waals surface area contributed by atoms with Crippen molar-refractivity contribution in [2.75, 3.05) is 20.8 Å². The van der Waals surface area contributed by atoms with Crippen molar-refractivity contribution in [3.63, 3.8) is 0 Å². The Morgan fingerprint density at radius 3 is 2.43 bits per heavy atom. The van der Waals surface area contributed by atoms with E-state index in [0.29, 0.717) is 17.1 Å². The van der Waals surface area contributed by atoms with Crippen LogP contribution in [0.1, 0.15) is 16.1 Å². The normalized spacial score (nSPS) is 10.2. The van der Waals surface area contributed by atoms with Crippen molar-refractivity contribution in [1.29, 1.82) is 0 Å². The van der Waals surface area contributed by atoms with Gasteiger partial charge in [0.15, 0.2) is 0 Å². The number of aryl methyl sites for hydroxylation is 1. The van der Waals surface area contributed by atoms with E-state index in [2.05, 4.69) is 10.4 Å². The molecule has 0 bridgehead atoms. The summed E-state index contributed by atoms with van der Waals surface area (Å²) < 4.78 is 11.7. The van der Waals surface area contributed by atoms with Crippen molar-refractivity contribution >= 4 is 5.91 Å². The number of aromatic nitrogens is 2. The number of ether oxygens (including phenoxy) is 2. The molecule has 23 heavy (non-hydrogen) atoms. The zero-order valence-corrected chi connectivity index (χ0v) is 13.3. The van der Waals surface area contributed by atoms with E-state index in [-0.39, 0.29) is 24.6 Å². The van der Waals surface area contributed by atoms with Crippen molar-refractivity contribution < 1.29 is 14.3 Å². The highest BCUT2D eigenvalue weighted by Crippen LogP contribution is 2.27. The zero-order chi connectivity index (χ0) is 16.8. The molecule has 7 heteroatoms. The minimum absolute atomic E-state index is 0.209. The predicted octanol–water partition coefficient (Wildman–Crippen LogP) is 0.999. The first-order chi connectivity index (χ1) is 11.1. The Bertz CT molecular complexity index is 733. The molecule has 1 heterocycles. The van der Waals surface area contributed by atoms with Crippen LogP contribution in [0.5, 0.6) is 11.5 Å². The first-order valence-electron chi connectivity index (χ1n) is 7.10. The average Bonchev–Trinajstić information content (AvgIpc) is 2.56. The monoisotopic (exact) mass is 317 g/mol. The molecule has 0 aliphatic heterocycles. The molecule has 2 rings (SSSR count). The summed E-state index contributed by atoms with van der Waals surface area (Å²) in [5.41, 5.74) is 0.851. The standard InChI is InChI=1S/C16H19N3O4/c1-11-7-8-14(20)19(18-11)10-9-17-16(21)15-12(22-2)5-4-6-13(15)23-3/h4-8H,9-10H2,1-3H3,(H,17,21). The summed E-state index contributed by atoms with van der Waals surface area (Å²) in [5, 5.41) is 6.86. The first-order valence-corrected chi connectivity index (χ1v) is 7.10.